The zero-order valence-electron chi connectivity index (χ0n) is 12.4. The molecule has 22 heavy (non-hydrogen) atoms. The van der Waals surface area contributed by atoms with Crippen LogP contribution in [0.15, 0.2) is 30.5 Å². The van der Waals surface area contributed by atoms with Gasteiger partial charge in [-0.3, -0.25) is 4.98 Å². The molecule has 0 amide bonds. The van der Waals surface area contributed by atoms with Crippen LogP contribution in [0.25, 0.3) is 22.3 Å². The molecule has 0 N–H and O–H groups in total. The van der Waals surface area contributed by atoms with E-state index in [0.29, 0.717) is 21.3 Å². The Hall–Kier alpha value is -1.28. The van der Waals surface area contributed by atoms with Gasteiger partial charge in [0.2, 0.25) is 0 Å². The summed E-state index contributed by atoms with van der Waals surface area (Å²) in [5.41, 5.74) is 4.96. The van der Waals surface area contributed by atoms with Crippen molar-refractivity contribution in [2.45, 2.75) is 6.92 Å². The molecule has 6 heteroatoms. The number of nitrogens with zero attached hydrogens (tertiary/aromatic N) is 3. The summed E-state index contributed by atoms with van der Waals surface area (Å²) in [6.45, 7) is 6.20. The zero-order chi connectivity index (χ0) is 15.9. The summed E-state index contributed by atoms with van der Waals surface area (Å²) in [4.78, 5) is 13.5. The number of rotatable bonds is 2. The van der Waals surface area contributed by atoms with Crippen LogP contribution >= 0.6 is 31.1 Å². The highest BCUT2D eigenvalue weighted by Gasteiger charge is 2.12. The Kier molecular flexibility index (Phi) is 4.31. The SMILES string of the molecule is Cc1nc2ccc(-c3ccc(P(C)C)nc3)nc2c(Cl)c1Cl. The van der Waals surface area contributed by atoms with Crippen molar-refractivity contribution >= 4 is 47.6 Å². The molecule has 0 saturated carbocycles. The van der Waals surface area contributed by atoms with Crippen molar-refractivity contribution in [1.29, 1.82) is 0 Å². The van der Waals surface area contributed by atoms with Crippen LogP contribution in [-0.4, -0.2) is 28.3 Å². The summed E-state index contributed by atoms with van der Waals surface area (Å²) < 4.78 is 0. The maximum atomic E-state index is 6.31. The van der Waals surface area contributed by atoms with Crippen LogP contribution in [0.5, 0.6) is 0 Å². The minimum atomic E-state index is -0.198. The molecule has 0 unspecified atom stereocenters. The van der Waals surface area contributed by atoms with Gasteiger partial charge < -0.3 is 0 Å². The average molecular weight is 350 g/mol. The first-order valence-corrected chi connectivity index (χ1v) is 9.72. The third-order valence-corrected chi connectivity index (χ3v) is 5.49. The van der Waals surface area contributed by atoms with E-state index < -0.39 is 0 Å². The maximum absolute atomic E-state index is 6.31. The first kappa shape index (κ1) is 15.6. The topological polar surface area (TPSA) is 38.7 Å². The lowest BCUT2D eigenvalue weighted by molar-refractivity contribution is 1.23. The van der Waals surface area contributed by atoms with Gasteiger partial charge in [-0.2, -0.15) is 0 Å². The van der Waals surface area contributed by atoms with Crippen LogP contribution in [0.4, 0.5) is 0 Å². The molecule has 0 saturated heterocycles. The summed E-state index contributed by atoms with van der Waals surface area (Å²) in [6, 6.07) is 7.93. The van der Waals surface area contributed by atoms with Gasteiger partial charge in [0.15, 0.2) is 0 Å². The quantitative estimate of drug-likeness (QED) is 0.630. The molecule has 3 nitrogen and oxygen atoms in total. The molecular formula is C16H14Cl2N3P. The van der Waals surface area contributed by atoms with Crippen molar-refractivity contribution in [3.8, 4) is 11.3 Å². The number of halogens is 2. The number of pyridine rings is 3. The highest BCUT2D eigenvalue weighted by atomic mass is 35.5. The van der Waals surface area contributed by atoms with Crippen molar-refractivity contribution in [2.24, 2.45) is 0 Å². The molecular weight excluding hydrogens is 336 g/mol. The lowest BCUT2D eigenvalue weighted by atomic mass is 10.1. The highest BCUT2D eigenvalue weighted by Crippen LogP contribution is 2.32. The van der Waals surface area contributed by atoms with E-state index in [2.05, 4.69) is 34.3 Å². The highest BCUT2D eigenvalue weighted by molar-refractivity contribution is 7.63. The Labute approximate surface area is 140 Å². The van der Waals surface area contributed by atoms with Gasteiger partial charge in [-0.1, -0.05) is 31.1 Å². The summed E-state index contributed by atoms with van der Waals surface area (Å²) in [5.74, 6) is 0. The van der Waals surface area contributed by atoms with Gasteiger partial charge in [0.05, 0.1) is 32.4 Å². The second kappa shape index (κ2) is 6.08. The number of fused-ring (bicyclic) bond motifs is 1. The monoisotopic (exact) mass is 349 g/mol. The van der Waals surface area contributed by atoms with E-state index >= 15 is 0 Å². The fraction of sp³-hybridized carbons (Fsp3) is 0.188. The van der Waals surface area contributed by atoms with Crippen molar-refractivity contribution in [2.75, 3.05) is 13.3 Å². The predicted octanol–water partition coefficient (Wildman–Crippen LogP) is 4.67. The molecule has 3 aromatic heterocycles. The minimum absolute atomic E-state index is 0.198. The fourth-order valence-corrected chi connectivity index (χ4v) is 3.23. The van der Waals surface area contributed by atoms with Crippen LogP contribution in [0.1, 0.15) is 5.69 Å². The molecule has 0 bridgehead atoms. The van der Waals surface area contributed by atoms with Crippen LogP contribution in [0, 0.1) is 6.92 Å². The molecule has 0 fully saturated rings. The van der Waals surface area contributed by atoms with Crippen LogP contribution in [0.2, 0.25) is 10.0 Å². The summed E-state index contributed by atoms with van der Waals surface area (Å²) in [5, 5.41) is 0.899. The molecule has 0 aliphatic rings. The van der Waals surface area contributed by atoms with Gasteiger partial charge in [-0.05, 0) is 44.5 Å². The van der Waals surface area contributed by atoms with E-state index in [1.54, 1.807) is 0 Å². The van der Waals surface area contributed by atoms with Gasteiger partial charge in [0.25, 0.3) is 0 Å². The lowest BCUT2D eigenvalue weighted by Gasteiger charge is -2.08. The van der Waals surface area contributed by atoms with Crippen molar-refractivity contribution in [3.05, 3.63) is 46.2 Å². The Bertz CT molecular complexity index is 848. The van der Waals surface area contributed by atoms with E-state index in [0.717, 1.165) is 22.2 Å². The van der Waals surface area contributed by atoms with Crippen LogP contribution in [0.3, 0.4) is 0 Å². The Morgan fingerprint density at radius 1 is 0.955 bits per heavy atom. The first-order chi connectivity index (χ1) is 10.5. The summed E-state index contributed by atoms with van der Waals surface area (Å²) >= 11 is 12.5. The van der Waals surface area contributed by atoms with Gasteiger partial charge in [-0.25, -0.2) is 9.97 Å². The first-order valence-electron chi connectivity index (χ1n) is 6.73. The molecule has 3 aromatic rings. The van der Waals surface area contributed by atoms with Crippen LogP contribution in [-0.2, 0) is 0 Å². The molecule has 112 valence electrons. The third-order valence-electron chi connectivity index (χ3n) is 3.38. The maximum Gasteiger partial charge on any atom is 0.110 e. The lowest BCUT2D eigenvalue weighted by Crippen LogP contribution is -2.04. The Morgan fingerprint density at radius 2 is 1.73 bits per heavy atom. The molecule has 3 heterocycles. The number of hydrogen-bond acceptors (Lipinski definition) is 3. The van der Waals surface area contributed by atoms with E-state index in [1.807, 2.05) is 31.3 Å². The van der Waals surface area contributed by atoms with Gasteiger partial charge >= 0.3 is 0 Å². The second-order valence-electron chi connectivity index (χ2n) is 5.19. The van der Waals surface area contributed by atoms with Crippen molar-refractivity contribution < 1.29 is 0 Å². The molecule has 0 aromatic carbocycles. The van der Waals surface area contributed by atoms with Gasteiger partial charge in [0.1, 0.15) is 5.52 Å². The third kappa shape index (κ3) is 2.81. The zero-order valence-corrected chi connectivity index (χ0v) is 14.8. The fourth-order valence-electron chi connectivity index (χ4n) is 2.16. The Morgan fingerprint density at radius 3 is 2.36 bits per heavy atom. The van der Waals surface area contributed by atoms with Crippen molar-refractivity contribution in [3.63, 3.8) is 0 Å². The molecule has 0 aliphatic heterocycles. The number of aryl methyl sites for hydroxylation is 1. The van der Waals surface area contributed by atoms with Crippen molar-refractivity contribution in [1.82, 2.24) is 15.0 Å². The standard InChI is InChI=1S/C16H14Cl2N3P/c1-9-14(17)15(18)16-12(20-9)6-5-11(21-16)10-4-7-13(19-8-10)22(2)3/h4-8H,1-3H3. The van der Waals surface area contributed by atoms with E-state index in [1.165, 1.54) is 0 Å². The van der Waals surface area contributed by atoms with E-state index in [-0.39, 0.29) is 7.92 Å². The molecule has 0 aliphatic carbocycles. The average Bonchev–Trinajstić information content (AvgIpc) is 2.52. The van der Waals surface area contributed by atoms with E-state index in [4.69, 9.17) is 23.2 Å². The summed E-state index contributed by atoms with van der Waals surface area (Å²) in [7, 11) is -0.198. The summed E-state index contributed by atoms with van der Waals surface area (Å²) in [6.07, 6.45) is 1.85. The van der Waals surface area contributed by atoms with Gasteiger partial charge in [-0.15, -0.1) is 0 Å². The number of hydrogen-bond donors (Lipinski definition) is 0. The molecule has 0 atom stereocenters. The largest absolute Gasteiger partial charge is 0.256 e. The molecule has 0 spiro atoms. The minimum Gasteiger partial charge on any atom is -0.256 e. The van der Waals surface area contributed by atoms with Crippen LogP contribution < -0.4 is 5.44 Å². The predicted molar refractivity (Wildman–Crippen MR) is 95.9 cm³/mol. The van der Waals surface area contributed by atoms with Gasteiger partial charge in [0, 0.05) is 11.8 Å². The molecule has 3 rings (SSSR count). The molecule has 0 radical (unpaired) electrons. The number of aromatic nitrogens is 3. The Balaban J connectivity index is 2.12. The smallest absolute Gasteiger partial charge is 0.110 e. The second-order valence-corrected chi connectivity index (χ2v) is 8.19. The van der Waals surface area contributed by atoms with E-state index in [9.17, 15) is 0 Å². The normalized spacial score (nSPS) is 11.4.